The molecule has 1 aromatic rings. The van der Waals surface area contributed by atoms with E-state index in [1.165, 1.54) is 0 Å². The van der Waals surface area contributed by atoms with E-state index in [-0.39, 0.29) is 11.9 Å². The Kier molecular flexibility index (Phi) is 4.65. The number of hydrogen-bond donors (Lipinski definition) is 1. The molecule has 19 heavy (non-hydrogen) atoms. The number of piperazine rings is 1. The molecule has 1 saturated heterocycles. The lowest BCUT2D eigenvalue weighted by molar-refractivity contribution is -0.130. The third-order valence-electron chi connectivity index (χ3n) is 3.03. The van der Waals surface area contributed by atoms with Gasteiger partial charge in [-0.25, -0.2) is 4.98 Å². The van der Waals surface area contributed by atoms with Gasteiger partial charge < -0.3 is 15.1 Å². The second-order valence-corrected chi connectivity index (χ2v) is 5.90. The summed E-state index contributed by atoms with van der Waals surface area (Å²) in [6.07, 6.45) is 1.60. The Morgan fingerprint density at radius 2 is 2.37 bits per heavy atom. The number of amides is 1. The molecule has 0 radical (unpaired) electrons. The molecule has 1 amide bonds. The SMILES string of the molecule is CN(C)C(=O)C1CNCCN1c1ncc(Cl)cc1Br. The first kappa shape index (κ1) is 14.6. The number of anilines is 1. The summed E-state index contributed by atoms with van der Waals surface area (Å²) in [5.74, 6) is 0.821. The summed E-state index contributed by atoms with van der Waals surface area (Å²) in [7, 11) is 3.53. The number of pyridine rings is 1. The predicted octanol–water partition coefficient (Wildman–Crippen LogP) is 1.36. The minimum atomic E-state index is -0.242. The van der Waals surface area contributed by atoms with Crippen molar-refractivity contribution in [1.29, 1.82) is 0 Å². The minimum Gasteiger partial charge on any atom is -0.347 e. The van der Waals surface area contributed by atoms with Crippen LogP contribution in [0.5, 0.6) is 0 Å². The van der Waals surface area contributed by atoms with E-state index in [1.807, 2.05) is 4.90 Å². The van der Waals surface area contributed by atoms with Gasteiger partial charge in [0.1, 0.15) is 11.9 Å². The van der Waals surface area contributed by atoms with Gasteiger partial charge in [0.2, 0.25) is 5.91 Å². The Labute approximate surface area is 126 Å². The summed E-state index contributed by atoms with van der Waals surface area (Å²) in [4.78, 5) is 20.2. The van der Waals surface area contributed by atoms with Crippen molar-refractivity contribution in [1.82, 2.24) is 15.2 Å². The van der Waals surface area contributed by atoms with E-state index >= 15 is 0 Å². The summed E-state index contributed by atoms with van der Waals surface area (Å²) in [6.45, 7) is 2.18. The van der Waals surface area contributed by atoms with Crippen LogP contribution in [0.3, 0.4) is 0 Å². The lowest BCUT2D eigenvalue weighted by atomic mass is 10.1. The predicted molar refractivity (Wildman–Crippen MR) is 79.6 cm³/mol. The fourth-order valence-electron chi connectivity index (χ4n) is 2.10. The second kappa shape index (κ2) is 6.07. The Balaban J connectivity index is 2.31. The monoisotopic (exact) mass is 346 g/mol. The van der Waals surface area contributed by atoms with Crippen molar-refractivity contribution >= 4 is 39.3 Å². The molecule has 1 aromatic heterocycles. The minimum absolute atomic E-state index is 0.0656. The Hall–Kier alpha value is -0.850. The van der Waals surface area contributed by atoms with Crippen molar-refractivity contribution in [3.8, 4) is 0 Å². The van der Waals surface area contributed by atoms with Crippen molar-refractivity contribution in [3.05, 3.63) is 21.8 Å². The molecule has 1 aliphatic heterocycles. The highest BCUT2D eigenvalue weighted by Crippen LogP contribution is 2.28. The highest BCUT2D eigenvalue weighted by Gasteiger charge is 2.31. The van der Waals surface area contributed by atoms with Gasteiger partial charge in [0, 0.05) is 39.9 Å². The maximum atomic E-state index is 12.2. The molecule has 104 valence electrons. The number of aromatic nitrogens is 1. The first-order chi connectivity index (χ1) is 9.00. The van der Waals surface area contributed by atoms with Gasteiger partial charge in [0.15, 0.2) is 0 Å². The van der Waals surface area contributed by atoms with Crippen molar-refractivity contribution in [2.45, 2.75) is 6.04 Å². The summed E-state index contributed by atoms with van der Waals surface area (Å²) < 4.78 is 0.804. The van der Waals surface area contributed by atoms with Crippen molar-refractivity contribution in [2.24, 2.45) is 0 Å². The van der Waals surface area contributed by atoms with Gasteiger partial charge in [-0.05, 0) is 22.0 Å². The normalized spacial score (nSPS) is 19.4. The zero-order valence-corrected chi connectivity index (χ0v) is 13.2. The molecule has 2 heterocycles. The second-order valence-electron chi connectivity index (χ2n) is 4.60. The highest BCUT2D eigenvalue weighted by atomic mass is 79.9. The number of hydrogen-bond acceptors (Lipinski definition) is 4. The van der Waals surface area contributed by atoms with Gasteiger partial charge in [-0.3, -0.25) is 4.79 Å². The van der Waals surface area contributed by atoms with Gasteiger partial charge in [-0.15, -0.1) is 0 Å². The number of halogens is 2. The zero-order chi connectivity index (χ0) is 14.0. The van der Waals surface area contributed by atoms with E-state index in [2.05, 4.69) is 26.2 Å². The fraction of sp³-hybridized carbons (Fsp3) is 0.500. The maximum absolute atomic E-state index is 12.2. The number of rotatable bonds is 2. The molecule has 0 spiro atoms. The van der Waals surface area contributed by atoms with Crippen LogP contribution in [0, 0.1) is 0 Å². The first-order valence-corrected chi connectivity index (χ1v) is 7.17. The van der Waals surface area contributed by atoms with Gasteiger partial charge in [0.25, 0.3) is 0 Å². The quantitative estimate of drug-likeness (QED) is 0.878. The number of carbonyl (C=O) groups is 1. The van der Waals surface area contributed by atoms with Crippen LogP contribution in [0.25, 0.3) is 0 Å². The van der Waals surface area contributed by atoms with E-state index in [1.54, 1.807) is 31.3 Å². The Morgan fingerprint density at radius 3 is 3.00 bits per heavy atom. The van der Waals surface area contributed by atoms with Gasteiger partial charge >= 0.3 is 0 Å². The van der Waals surface area contributed by atoms with Gasteiger partial charge in [0.05, 0.1) is 9.50 Å². The van der Waals surface area contributed by atoms with Crippen LogP contribution in [0.2, 0.25) is 5.02 Å². The molecular weight excluding hydrogens is 332 g/mol. The molecule has 0 aromatic carbocycles. The van der Waals surface area contributed by atoms with Crippen LogP contribution < -0.4 is 10.2 Å². The molecule has 1 fully saturated rings. The van der Waals surface area contributed by atoms with Crippen LogP contribution in [-0.2, 0) is 4.79 Å². The fourth-order valence-corrected chi connectivity index (χ4v) is 2.96. The maximum Gasteiger partial charge on any atom is 0.246 e. The molecule has 0 saturated carbocycles. The number of likely N-dealkylation sites (N-methyl/N-ethyl adjacent to an activating group) is 1. The molecule has 0 bridgehead atoms. The van der Waals surface area contributed by atoms with Gasteiger partial charge in [-0.1, -0.05) is 11.6 Å². The third kappa shape index (κ3) is 3.19. The third-order valence-corrected chi connectivity index (χ3v) is 3.82. The van der Waals surface area contributed by atoms with E-state index in [0.717, 1.165) is 23.4 Å². The van der Waals surface area contributed by atoms with Crippen LogP contribution in [0.4, 0.5) is 5.82 Å². The smallest absolute Gasteiger partial charge is 0.246 e. The van der Waals surface area contributed by atoms with Crippen molar-refractivity contribution in [2.75, 3.05) is 38.6 Å². The van der Waals surface area contributed by atoms with Crippen LogP contribution in [-0.4, -0.2) is 55.6 Å². The Bertz CT molecular complexity index is 483. The number of carbonyl (C=O) groups excluding carboxylic acids is 1. The molecule has 1 aliphatic rings. The summed E-state index contributed by atoms with van der Waals surface area (Å²) >= 11 is 9.37. The topological polar surface area (TPSA) is 48.5 Å². The van der Waals surface area contributed by atoms with E-state index < -0.39 is 0 Å². The van der Waals surface area contributed by atoms with Crippen LogP contribution in [0.1, 0.15) is 0 Å². The molecule has 1 N–H and O–H groups in total. The van der Waals surface area contributed by atoms with Gasteiger partial charge in [-0.2, -0.15) is 0 Å². The average Bonchev–Trinajstić information content (AvgIpc) is 2.38. The summed E-state index contributed by atoms with van der Waals surface area (Å²) in [5, 5.41) is 3.81. The lowest BCUT2D eigenvalue weighted by Crippen LogP contribution is -2.58. The summed E-state index contributed by atoms with van der Waals surface area (Å²) in [6, 6.07) is 1.55. The largest absolute Gasteiger partial charge is 0.347 e. The van der Waals surface area contributed by atoms with Crippen molar-refractivity contribution in [3.63, 3.8) is 0 Å². The number of nitrogens with one attached hydrogen (secondary N) is 1. The lowest BCUT2D eigenvalue weighted by Gasteiger charge is -2.37. The Morgan fingerprint density at radius 1 is 1.63 bits per heavy atom. The zero-order valence-electron chi connectivity index (χ0n) is 10.9. The molecule has 5 nitrogen and oxygen atoms in total. The average molecular weight is 348 g/mol. The van der Waals surface area contributed by atoms with E-state index in [0.29, 0.717) is 11.6 Å². The number of nitrogens with zero attached hydrogens (tertiary/aromatic N) is 3. The summed E-state index contributed by atoms with van der Waals surface area (Å²) in [5.41, 5.74) is 0. The standard InChI is InChI=1S/C12H16BrClN4O/c1-17(2)12(19)10-7-15-3-4-18(10)11-9(13)5-8(14)6-16-11/h5-6,10,15H,3-4,7H2,1-2H3. The highest BCUT2D eigenvalue weighted by molar-refractivity contribution is 9.10. The molecule has 2 rings (SSSR count). The molecule has 7 heteroatoms. The van der Waals surface area contributed by atoms with Crippen LogP contribution >= 0.6 is 27.5 Å². The first-order valence-electron chi connectivity index (χ1n) is 6.00. The van der Waals surface area contributed by atoms with Crippen LogP contribution in [0.15, 0.2) is 16.7 Å². The molecule has 1 atom stereocenters. The van der Waals surface area contributed by atoms with E-state index in [4.69, 9.17) is 11.6 Å². The van der Waals surface area contributed by atoms with Crippen molar-refractivity contribution < 1.29 is 4.79 Å². The molecular formula is C12H16BrClN4O. The molecule has 0 aliphatic carbocycles. The molecule has 1 unspecified atom stereocenters. The van der Waals surface area contributed by atoms with E-state index in [9.17, 15) is 4.79 Å².